The molecule has 0 spiro atoms. The molecule has 0 radical (unpaired) electrons. The summed E-state index contributed by atoms with van der Waals surface area (Å²) in [5, 5.41) is 4.04. The van der Waals surface area contributed by atoms with Gasteiger partial charge >= 0.3 is 0 Å². The molecule has 0 aliphatic carbocycles. The number of thioether (sulfide) groups is 2. The Morgan fingerprint density at radius 3 is 2.18 bits per heavy atom. The molecule has 0 bridgehead atoms. The van der Waals surface area contributed by atoms with Crippen LogP contribution in [-0.2, 0) is 11.5 Å². The molecule has 3 aromatic rings. The van der Waals surface area contributed by atoms with Crippen LogP contribution in [-0.4, -0.2) is 18.4 Å². The van der Waals surface area contributed by atoms with Crippen LogP contribution in [0.5, 0.6) is 0 Å². The molecule has 0 atom stereocenters. The highest BCUT2D eigenvalue weighted by molar-refractivity contribution is 7.98. The third-order valence-electron chi connectivity index (χ3n) is 4.09. The van der Waals surface area contributed by atoms with E-state index < -0.39 is 0 Å². The Morgan fingerprint density at radius 2 is 1.54 bits per heavy atom. The van der Waals surface area contributed by atoms with Gasteiger partial charge in [0.15, 0.2) is 0 Å². The van der Waals surface area contributed by atoms with Gasteiger partial charge in [-0.2, -0.15) is 16.9 Å². The topological polar surface area (TPSA) is 41.5 Å². The third-order valence-corrected chi connectivity index (χ3v) is 5.91. The van der Waals surface area contributed by atoms with Gasteiger partial charge in [0.2, 0.25) is 0 Å². The number of hydrogen-bond acceptors (Lipinski definition) is 4. The van der Waals surface area contributed by atoms with Crippen LogP contribution in [0.3, 0.4) is 0 Å². The fourth-order valence-electron chi connectivity index (χ4n) is 2.53. The van der Waals surface area contributed by atoms with Crippen molar-refractivity contribution in [3.05, 3.63) is 101 Å². The van der Waals surface area contributed by atoms with E-state index in [1.165, 1.54) is 16.0 Å². The number of nitrogens with zero attached hydrogens (tertiary/aromatic N) is 1. The summed E-state index contributed by atoms with van der Waals surface area (Å²) >= 11 is 3.55. The van der Waals surface area contributed by atoms with Crippen molar-refractivity contribution >= 4 is 35.6 Å². The number of nitrogens with one attached hydrogen (secondary N) is 1. The molecule has 5 heteroatoms. The van der Waals surface area contributed by atoms with Crippen LogP contribution >= 0.6 is 23.5 Å². The average molecular weight is 407 g/mol. The first-order valence-corrected chi connectivity index (χ1v) is 11.3. The van der Waals surface area contributed by atoms with Gasteiger partial charge in [-0.1, -0.05) is 54.6 Å². The quantitative estimate of drug-likeness (QED) is 0.300. The molecule has 142 valence electrons. The van der Waals surface area contributed by atoms with Crippen molar-refractivity contribution in [2.24, 2.45) is 5.10 Å². The largest absolute Gasteiger partial charge is 0.271 e. The van der Waals surface area contributed by atoms with Crippen molar-refractivity contribution in [2.75, 3.05) is 6.26 Å². The van der Waals surface area contributed by atoms with Crippen molar-refractivity contribution in [3.63, 3.8) is 0 Å². The monoisotopic (exact) mass is 406 g/mol. The minimum atomic E-state index is -0.208. The molecule has 0 aliphatic rings. The summed E-state index contributed by atoms with van der Waals surface area (Å²) in [6.45, 7) is 0. The highest BCUT2D eigenvalue weighted by atomic mass is 32.2. The molecule has 0 unspecified atom stereocenters. The summed E-state index contributed by atoms with van der Waals surface area (Å²) in [5.41, 5.74) is 6.66. The van der Waals surface area contributed by atoms with E-state index in [4.69, 9.17) is 0 Å². The minimum Gasteiger partial charge on any atom is -0.267 e. The van der Waals surface area contributed by atoms with Gasteiger partial charge in [-0.3, -0.25) is 4.79 Å². The SMILES string of the molecule is CSc1ccc(/C=N\NC(=O)c2ccc(CSCc3ccccc3)cc2)cc1. The molecule has 1 amide bonds. The van der Waals surface area contributed by atoms with E-state index in [1.54, 1.807) is 18.0 Å². The minimum absolute atomic E-state index is 0.208. The summed E-state index contributed by atoms with van der Waals surface area (Å²) in [7, 11) is 0. The van der Waals surface area contributed by atoms with E-state index in [0.29, 0.717) is 5.56 Å². The second-order valence-corrected chi connectivity index (χ2v) is 8.01. The molecule has 28 heavy (non-hydrogen) atoms. The number of rotatable bonds is 8. The number of amides is 1. The summed E-state index contributed by atoms with van der Waals surface area (Å²) in [4.78, 5) is 13.4. The number of hydrazone groups is 1. The Bertz CT molecular complexity index is 908. The van der Waals surface area contributed by atoms with Crippen LogP contribution in [0, 0.1) is 0 Å². The number of carbonyl (C=O) groups excluding carboxylic acids is 1. The van der Waals surface area contributed by atoms with Crippen LogP contribution in [0.25, 0.3) is 0 Å². The van der Waals surface area contributed by atoms with E-state index in [9.17, 15) is 4.79 Å². The Labute approximate surface area is 174 Å². The second-order valence-electron chi connectivity index (χ2n) is 6.15. The van der Waals surface area contributed by atoms with Crippen molar-refractivity contribution in [1.29, 1.82) is 0 Å². The number of hydrogen-bond donors (Lipinski definition) is 1. The lowest BCUT2D eigenvalue weighted by atomic mass is 10.1. The van der Waals surface area contributed by atoms with Gasteiger partial charge in [-0.25, -0.2) is 5.43 Å². The zero-order valence-corrected chi connectivity index (χ0v) is 17.3. The smallest absolute Gasteiger partial charge is 0.267 e. The zero-order valence-electron chi connectivity index (χ0n) is 15.7. The van der Waals surface area contributed by atoms with E-state index in [-0.39, 0.29) is 5.91 Å². The van der Waals surface area contributed by atoms with Gasteiger partial charge in [-0.15, -0.1) is 11.8 Å². The lowest BCUT2D eigenvalue weighted by Gasteiger charge is -2.04. The van der Waals surface area contributed by atoms with E-state index >= 15 is 0 Å². The molecular formula is C23H22N2OS2. The molecule has 0 saturated heterocycles. The summed E-state index contributed by atoms with van der Waals surface area (Å²) < 4.78 is 0. The molecule has 3 rings (SSSR count). The average Bonchev–Trinajstić information content (AvgIpc) is 2.75. The van der Waals surface area contributed by atoms with Crippen LogP contribution in [0.2, 0.25) is 0 Å². The van der Waals surface area contributed by atoms with Gasteiger partial charge in [0.1, 0.15) is 0 Å². The van der Waals surface area contributed by atoms with Crippen LogP contribution < -0.4 is 5.43 Å². The first-order valence-electron chi connectivity index (χ1n) is 8.92. The van der Waals surface area contributed by atoms with Gasteiger partial charge in [0.25, 0.3) is 5.91 Å². The van der Waals surface area contributed by atoms with Crippen LogP contribution in [0.1, 0.15) is 27.0 Å². The van der Waals surface area contributed by atoms with Gasteiger partial charge < -0.3 is 0 Å². The molecule has 0 heterocycles. The van der Waals surface area contributed by atoms with Crippen molar-refractivity contribution in [1.82, 2.24) is 5.43 Å². The Kier molecular flexibility index (Phi) is 7.76. The summed E-state index contributed by atoms with van der Waals surface area (Å²) in [6, 6.07) is 26.1. The normalized spacial score (nSPS) is 10.9. The molecule has 3 nitrogen and oxygen atoms in total. The predicted octanol–water partition coefficient (Wildman–Crippen LogP) is 5.61. The zero-order chi connectivity index (χ0) is 19.6. The maximum Gasteiger partial charge on any atom is 0.271 e. The lowest BCUT2D eigenvalue weighted by molar-refractivity contribution is 0.0955. The van der Waals surface area contributed by atoms with Gasteiger partial charge in [-0.05, 0) is 47.2 Å². The molecule has 0 aliphatic heterocycles. The van der Waals surface area contributed by atoms with E-state index in [0.717, 1.165) is 17.1 Å². The van der Waals surface area contributed by atoms with Crippen molar-refractivity contribution < 1.29 is 4.79 Å². The molecule has 3 aromatic carbocycles. The first-order chi connectivity index (χ1) is 13.7. The number of carbonyl (C=O) groups is 1. The molecule has 0 aromatic heterocycles. The highest BCUT2D eigenvalue weighted by Crippen LogP contribution is 2.18. The van der Waals surface area contributed by atoms with Crippen molar-refractivity contribution in [3.8, 4) is 0 Å². The summed E-state index contributed by atoms with van der Waals surface area (Å²) in [6.07, 6.45) is 3.69. The Morgan fingerprint density at radius 1 is 0.893 bits per heavy atom. The van der Waals surface area contributed by atoms with Crippen LogP contribution in [0.4, 0.5) is 0 Å². The van der Waals surface area contributed by atoms with Crippen molar-refractivity contribution in [2.45, 2.75) is 16.4 Å². The van der Waals surface area contributed by atoms with Gasteiger partial charge in [0.05, 0.1) is 6.21 Å². The molecule has 0 saturated carbocycles. The second kappa shape index (κ2) is 10.7. The first kappa shape index (κ1) is 20.2. The van der Waals surface area contributed by atoms with E-state index in [1.807, 2.05) is 72.6 Å². The third kappa shape index (κ3) is 6.29. The van der Waals surface area contributed by atoms with Crippen LogP contribution in [0.15, 0.2) is 88.9 Å². The molecule has 1 N–H and O–H groups in total. The lowest BCUT2D eigenvalue weighted by Crippen LogP contribution is -2.17. The predicted molar refractivity (Wildman–Crippen MR) is 121 cm³/mol. The maximum absolute atomic E-state index is 12.2. The van der Waals surface area contributed by atoms with E-state index in [2.05, 4.69) is 34.8 Å². The number of benzene rings is 3. The standard InChI is InChI=1S/C23H22N2OS2/c1-27-22-13-9-18(10-14-22)15-24-25-23(26)21-11-7-20(8-12-21)17-28-16-19-5-3-2-4-6-19/h2-15H,16-17H2,1H3,(H,25,26)/b24-15-. The molecule has 0 fully saturated rings. The fraction of sp³-hybridized carbons (Fsp3) is 0.130. The Balaban J connectivity index is 1.46. The highest BCUT2D eigenvalue weighted by Gasteiger charge is 2.04. The maximum atomic E-state index is 12.2. The fourth-order valence-corrected chi connectivity index (χ4v) is 3.90. The van der Waals surface area contributed by atoms with Gasteiger partial charge in [0, 0.05) is 22.0 Å². The molecular weight excluding hydrogens is 384 g/mol. The Hall–Kier alpha value is -2.50. The summed E-state index contributed by atoms with van der Waals surface area (Å²) in [5.74, 6) is 1.69.